The fraction of sp³-hybridized carbons (Fsp3) is 0.200. The molecule has 0 fully saturated rings. The second kappa shape index (κ2) is 5.83. The minimum absolute atomic E-state index is 0.127. The van der Waals surface area contributed by atoms with E-state index in [0.717, 1.165) is 11.6 Å². The Hall–Kier alpha value is -1.92. The number of hydrogen-bond acceptors (Lipinski definition) is 3. The van der Waals surface area contributed by atoms with Gasteiger partial charge in [-0.05, 0) is 24.6 Å². The first kappa shape index (κ1) is 15.5. The molecule has 0 amide bonds. The number of halogens is 1. The van der Waals surface area contributed by atoms with Crippen LogP contribution in [0.4, 0.5) is 10.1 Å². The van der Waals surface area contributed by atoms with Gasteiger partial charge in [0.05, 0.1) is 4.90 Å². The van der Waals surface area contributed by atoms with Gasteiger partial charge in [0.15, 0.2) is 0 Å². The van der Waals surface area contributed by atoms with E-state index < -0.39 is 15.8 Å². The number of rotatable bonds is 4. The molecule has 0 unspecified atom stereocenters. The fourth-order valence-electron chi connectivity index (χ4n) is 1.93. The van der Waals surface area contributed by atoms with Crippen LogP contribution in [0.25, 0.3) is 0 Å². The molecule has 0 saturated carbocycles. The summed E-state index contributed by atoms with van der Waals surface area (Å²) in [5.41, 5.74) is 6.88. The van der Waals surface area contributed by atoms with Crippen molar-refractivity contribution in [2.24, 2.45) is 0 Å². The molecular formula is C15H17FN2O2S. The zero-order chi connectivity index (χ0) is 15.6. The SMILES string of the molecule is Cc1c(N)cc(S(=O)(=O)N(C)Cc2ccccc2)cc1F. The molecule has 0 spiro atoms. The quantitative estimate of drug-likeness (QED) is 0.883. The lowest BCUT2D eigenvalue weighted by atomic mass is 10.2. The van der Waals surface area contributed by atoms with Crippen molar-refractivity contribution < 1.29 is 12.8 Å². The Morgan fingerprint density at radius 3 is 2.38 bits per heavy atom. The zero-order valence-corrected chi connectivity index (χ0v) is 12.7. The predicted octanol–water partition coefficient (Wildman–Crippen LogP) is 2.54. The molecule has 0 bridgehead atoms. The topological polar surface area (TPSA) is 63.4 Å². The molecule has 112 valence electrons. The van der Waals surface area contributed by atoms with Gasteiger partial charge in [-0.25, -0.2) is 12.8 Å². The van der Waals surface area contributed by atoms with E-state index in [1.807, 2.05) is 30.3 Å². The summed E-state index contributed by atoms with van der Waals surface area (Å²) in [5.74, 6) is -0.623. The highest BCUT2D eigenvalue weighted by Crippen LogP contribution is 2.23. The number of nitrogens with two attached hydrogens (primary N) is 1. The Morgan fingerprint density at radius 2 is 1.81 bits per heavy atom. The van der Waals surface area contributed by atoms with Crippen molar-refractivity contribution in [1.82, 2.24) is 4.31 Å². The second-order valence-electron chi connectivity index (χ2n) is 4.87. The standard InChI is InChI=1S/C15H17FN2O2S/c1-11-14(16)8-13(9-15(11)17)21(19,20)18(2)10-12-6-4-3-5-7-12/h3-9H,10,17H2,1-2H3. The number of hydrogen-bond donors (Lipinski definition) is 1. The van der Waals surface area contributed by atoms with Gasteiger partial charge in [0.25, 0.3) is 0 Å². The average molecular weight is 308 g/mol. The lowest BCUT2D eigenvalue weighted by Gasteiger charge is -2.18. The van der Waals surface area contributed by atoms with E-state index in [2.05, 4.69) is 0 Å². The summed E-state index contributed by atoms with van der Waals surface area (Å²) in [6, 6.07) is 11.5. The van der Waals surface area contributed by atoms with Crippen LogP contribution in [0.1, 0.15) is 11.1 Å². The van der Waals surface area contributed by atoms with Gasteiger partial charge in [0.1, 0.15) is 5.82 Å². The highest BCUT2D eigenvalue weighted by molar-refractivity contribution is 7.89. The van der Waals surface area contributed by atoms with E-state index in [1.54, 1.807) is 0 Å². The van der Waals surface area contributed by atoms with Gasteiger partial charge < -0.3 is 5.73 Å². The molecule has 21 heavy (non-hydrogen) atoms. The second-order valence-corrected chi connectivity index (χ2v) is 6.91. The molecule has 2 N–H and O–H groups in total. The van der Waals surface area contributed by atoms with Crippen LogP contribution in [-0.4, -0.2) is 19.8 Å². The first-order valence-electron chi connectivity index (χ1n) is 6.38. The van der Waals surface area contributed by atoms with Crippen LogP contribution >= 0.6 is 0 Å². The average Bonchev–Trinajstić information content (AvgIpc) is 2.45. The van der Waals surface area contributed by atoms with Crippen molar-refractivity contribution in [3.63, 3.8) is 0 Å². The summed E-state index contributed by atoms with van der Waals surface area (Å²) in [6.07, 6.45) is 0. The van der Waals surface area contributed by atoms with E-state index in [1.165, 1.54) is 24.3 Å². The largest absolute Gasteiger partial charge is 0.398 e. The highest BCUT2D eigenvalue weighted by atomic mass is 32.2. The van der Waals surface area contributed by atoms with Crippen molar-refractivity contribution in [2.45, 2.75) is 18.4 Å². The van der Waals surface area contributed by atoms with Gasteiger partial charge in [-0.15, -0.1) is 0 Å². The molecule has 0 aliphatic heterocycles. The molecule has 0 aliphatic rings. The van der Waals surface area contributed by atoms with Crippen LogP contribution < -0.4 is 5.73 Å². The van der Waals surface area contributed by atoms with Crippen LogP contribution in [0.5, 0.6) is 0 Å². The van der Waals surface area contributed by atoms with Crippen molar-refractivity contribution in [3.8, 4) is 0 Å². The third-order valence-electron chi connectivity index (χ3n) is 3.31. The summed E-state index contributed by atoms with van der Waals surface area (Å²) >= 11 is 0. The lowest BCUT2D eigenvalue weighted by Crippen LogP contribution is -2.26. The number of nitrogens with zero attached hydrogens (tertiary/aromatic N) is 1. The number of benzene rings is 2. The summed E-state index contributed by atoms with van der Waals surface area (Å²) in [7, 11) is -2.33. The van der Waals surface area contributed by atoms with Crippen LogP contribution in [0.2, 0.25) is 0 Å². The van der Waals surface area contributed by atoms with Gasteiger partial charge in [-0.2, -0.15) is 4.31 Å². The Kier molecular flexibility index (Phi) is 4.29. The summed E-state index contributed by atoms with van der Waals surface area (Å²) in [6.45, 7) is 1.72. The molecule has 2 aromatic rings. The molecule has 0 aromatic heterocycles. The molecular weight excluding hydrogens is 291 g/mol. The van der Waals surface area contributed by atoms with Gasteiger partial charge in [-0.3, -0.25) is 0 Å². The van der Waals surface area contributed by atoms with E-state index in [9.17, 15) is 12.8 Å². The van der Waals surface area contributed by atoms with Crippen LogP contribution in [0.15, 0.2) is 47.4 Å². The van der Waals surface area contributed by atoms with Gasteiger partial charge >= 0.3 is 0 Å². The molecule has 0 heterocycles. The Morgan fingerprint density at radius 1 is 1.19 bits per heavy atom. The minimum atomic E-state index is -3.79. The van der Waals surface area contributed by atoms with E-state index >= 15 is 0 Å². The summed E-state index contributed by atoms with van der Waals surface area (Å²) < 4.78 is 39.8. The maximum atomic E-state index is 13.7. The number of anilines is 1. The fourth-order valence-corrected chi connectivity index (χ4v) is 3.14. The first-order chi connectivity index (χ1) is 9.82. The minimum Gasteiger partial charge on any atom is -0.398 e. The van der Waals surface area contributed by atoms with Crippen molar-refractivity contribution in [3.05, 3.63) is 59.4 Å². The molecule has 0 atom stereocenters. The molecule has 0 radical (unpaired) electrons. The smallest absolute Gasteiger partial charge is 0.243 e. The summed E-state index contributed by atoms with van der Waals surface area (Å²) in [4.78, 5) is -0.137. The van der Waals surface area contributed by atoms with Gasteiger partial charge in [0.2, 0.25) is 10.0 Å². The van der Waals surface area contributed by atoms with E-state index in [0.29, 0.717) is 0 Å². The molecule has 0 saturated heterocycles. The van der Waals surface area contributed by atoms with E-state index in [4.69, 9.17) is 5.73 Å². The summed E-state index contributed by atoms with van der Waals surface area (Å²) in [5, 5.41) is 0. The molecule has 0 aliphatic carbocycles. The van der Waals surface area contributed by atoms with Crippen LogP contribution in [0.3, 0.4) is 0 Å². The Labute approximate surface area is 124 Å². The maximum absolute atomic E-state index is 13.7. The van der Waals surface area contributed by atoms with Gasteiger partial charge in [0, 0.05) is 24.8 Å². The Balaban J connectivity index is 2.33. The molecule has 4 nitrogen and oxygen atoms in total. The van der Waals surface area contributed by atoms with Crippen LogP contribution in [-0.2, 0) is 16.6 Å². The third kappa shape index (κ3) is 3.22. The maximum Gasteiger partial charge on any atom is 0.243 e. The molecule has 2 rings (SSSR count). The van der Waals surface area contributed by atoms with E-state index in [-0.39, 0.29) is 22.7 Å². The first-order valence-corrected chi connectivity index (χ1v) is 7.82. The molecule has 2 aromatic carbocycles. The van der Waals surface area contributed by atoms with Crippen LogP contribution in [0, 0.1) is 12.7 Å². The number of nitrogen functional groups attached to an aromatic ring is 1. The number of sulfonamides is 1. The van der Waals surface area contributed by atoms with Crippen molar-refractivity contribution >= 4 is 15.7 Å². The lowest BCUT2D eigenvalue weighted by molar-refractivity contribution is 0.466. The zero-order valence-electron chi connectivity index (χ0n) is 11.9. The van der Waals surface area contributed by atoms with Gasteiger partial charge in [-0.1, -0.05) is 30.3 Å². The third-order valence-corrected chi connectivity index (χ3v) is 5.10. The monoisotopic (exact) mass is 308 g/mol. The normalized spacial score (nSPS) is 11.8. The Bertz CT molecular complexity index is 723. The van der Waals surface area contributed by atoms with Crippen molar-refractivity contribution in [1.29, 1.82) is 0 Å². The predicted molar refractivity (Wildman–Crippen MR) is 80.6 cm³/mol. The molecule has 6 heteroatoms. The van der Waals surface area contributed by atoms with Crippen molar-refractivity contribution in [2.75, 3.05) is 12.8 Å². The highest BCUT2D eigenvalue weighted by Gasteiger charge is 2.23.